The van der Waals surface area contributed by atoms with E-state index in [0.29, 0.717) is 13.2 Å². The molecular formula is C21H25NO4. The van der Waals surface area contributed by atoms with Crippen molar-refractivity contribution in [2.75, 3.05) is 18.1 Å². The van der Waals surface area contributed by atoms with Gasteiger partial charge in [0.05, 0.1) is 25.2 Å². The molecule has 0 N–H and O–H groups in total. The summed E-state index contributed by atoms with van der Waals surface area (Å²) in [7, 11) is 0. The number of nitrogens with zero attached hydrogens (tertiary/aromatic N) is 1. The molecule has 4 atom stereocenters. The van der Waals surface area contributed by atoms with Gasteiger partial charge in [-0.15, -0.1) is 0 Å². The monoisotopic (exact) mass is 355 g/mol. The summed E-state index contributed by atoms with van der Waals surface area (Å²) in [5, 5.41) is 0. The van der Waals surface area contributed by atoms with Gasteiger partial charge < -0.3 is 14.4 Å². The molecule has 1 spiro atoms. The van der Waals surface area contributed by atoms with E-state index < -0.39 is 17.4 Å². The third-order valence-corrected chi connectivity index (χ3v) is 5.68. The molecule has 3 aliphatic heterocycles. The molecule has 2 fully saturated rings. The van der Waals surface area contributed by atoms with Gasteiger partial charge in [0.25, 0.3) is 0 Å². The fourth-order valence-electron chi connectivity index (χ4n) is 4.40. The van der Waals surface area contributed by atoms with E-state index in [1.165, 1.54) is 0 Å². The van der Waals surface area contributed by atoms with Crippen LogP contribution < -0.4 is 4.90 Å². The number of fused-ring (bicyclic) bond motifs is 1. The molecule has 1 aromatic carbocycles. The van der Waals surface area contributed by atoms with Crippen LogP contribution in [0.4, 0.5) is 5.69 Å². The first-order valence-corrected chi connectivity index (χ1v) is 9.47. The molecule has 26 heavy (non-hydrogen) atoms. The predicted octanol–water partition coefficient (Wildman–Crippen LogP) is 3.01. The summed E-state index contributed by atoms with van der Waals surface area (Å²) in [6.45, 7) is 4.97. The van der Waals surface area contributed by atoms with Crippen molar-refractivity contribution in [3.63, 3.8) is 0 Å². The Morgan fingerprint density at radius 2 is 2.23 bits per heavy atom. The maximum Gasteiger partial charge on any atom is 0.312 e. The highest BCUT2D eigenvalue weighted by molar-refractivity contribution is 6.02. The van der Waals surface area contributed by atoms with Crippen molar-refractivity contribution >= 4 is 17.6 Å². The first-order chi connectivity index (χ1) is 12.6. The van der Waals surface area contributed by atoms with Crippen molar-refractivity contribution in [1.82, 2.24) is 0 Å². The molecule has 3 aliphatic rings. The van der Waals surface area contributed by atoms with Crippen molar-refractivity contribution < 1.29 is 19.1 Å². The number of hydrogen-bond donors (Lipinski definition) is 0. The van der Waals surface area contributed by atoms with Crippen molar-refractivity contribution in [3.05, 3.63) is 42.0 Å². The quantitative estimate of drug-likeness (QED) is 0.447. The molecule has 1 amide bonds. The van der Waals surface area contributed by atoms with E-state index in [1.807, 2.05) is 43.3 Å². The topological polar surface area (TPSA) is 55.8 Å². The van der Waals surface area contributed by atoms with Crippen LogP contribution in [0.15, 0.2) is 36.4 Å². The SMILES string of the molecule is CCCCCOC(=O)[C@@H]1[C@@H]2C=C[C@@]3(CN(c4cccc(C)c4)C(=O)[C@H]13)O2. The van der Waals surface area contributed by atoms with Crippen molar-refractivity contribution in [2.45, 2.75) is 44.8 Å². The maximum absolute atomic E-state index is 13.2. The Balaban J connectivity index is 1.55. The van der Waals surface area contributed by atoms with E-state index in [-0.39, 0.29) is 18.0 Å². The molecule has 138 valence electrons. The van der Waals surface area contributed by atoms with Crippen molar-refractivity contribution in [3.8, 4) is 0 Å². The zero-order chi connectivity index (χ0) is 18.3. The Morgan fingerprint density at radius 3 is 3.00 bits per heavy atom. The molecule has 0 aliphatic carbocycles. The van der Waals surface area contributed by atoms with Gasteiger partial charge in [-0.1, -0.05) is 44.1 Å². The lowest BCUT2D eigenvalue weighted by Gasteiger charge is -2.22. The number of aryl methyl sites for hydroxylation is 1. The Bertz CT molecular complexity index is 758. The van der Waals surface area contributed by atoms with Gasteiger partial charge in [-0.25, -0.2) is 0 Å². The molecular weight excluding hydrogens is 330 g/mol. The molecule has 2 saturated heterocycles. The number of hydrogen-bond acceptors (Lipinski definition) is 4. The summed E-state index contributed by atoms with van der Waals surface area (Å²) in [5.41, 5.74) is 1.25. The number of carbonyl (C=O) groups excluding carboxylic acids is 2. The van der Waals surface area contributed by atoms with Crippen molar-refractivity contribution in [1.29, 1.82) is 0 Å². The van der Waals surface area contributed by atoms with Crippen LogP contribution >= 0.6 is 0 Å². The highest BCUT2D eigenvalue weighted by Crippen LogP contribution is 2.52. The lowest BCUT2D eigenvalue weighted by atomic mass is 9.77. The minimum absolute atomic E-state index is 0.0436. The number of carbonyl (C=O) groups is 2. The largest absolute Gasteiger partial charge is 0.465 e. The molecule has 5 heteroatoms. The smallest absolute Gasteiger partial charge is 0.312 e. The summed E-state index contributed by atoms with van der Waals surface area (Å²) in [4.78, 5) is 27.6. The molecule has 0 saturated carbocycles. The highest BCUT2D eigenvalue weighted by atomic mass is 16.6. The molecule has 4 rings (SSSR count). The van der Waals surface area contributed by atoms with Gasteiger partial charge in [0.2, 0.25) is 5.91 Å². The van der Waals surface area contributed by atoms with Gasteiger partial charge in [-0.05, 0) is 31.0 Å². The standard InChI is InChI=1S/C21H25NO4/c1-3-4-5-11-25-20(24)17-16-9-10-21(26-16)13-22(19(23)18(17)21)15-8-6-7-14(2)12-15/h6-10,12,16-18H,3-5,11,13H2,1-2H3/t16-,17+,18-,21-/m0/s1. The number of benzene rings is 1. The van der Waals surface area contributed by atoms with Crippen LogP contribution in [0.1, 0.15) is 31.7 Å². The predicted molar refractivity (Wildman–Crippen MR) is 97.7 cm³/mol. The first-order valence-electron chi connectivity index (χ1n) is 9.47. The zero-order valence-corrected chi connectivity index (χ0v) is 15.3. The molecule has 0 radical (unpaired) electrons. The normalized spacial score (nSPS) is 31.5. The summed E-state index contributed by atoms with van der Waals surface area (Å²) < 4.78 is 11.6. The summed E-state index contributed by atoms with van der Waals surface area (Å²) >= 11 is 0. The number of rotatable bonds is 6. The van der Waals surface area contributed by atoms with Crippen LogP contribution in [0.25, 0.3) is 0 Å². The van der Waals surface area contributed by atoms with E-state index in [2.05, 4.69) is 6.92 Å². The number of anilines is 1. The molecule has 0 aromatic heterocycles. The van der Waals surface area contributed by atoms with Crippen LogP contribution in [-0.2, 0) is 19.1 Å². The fraction of sp³-hybridized carbons (Fsp3) is 0.524. The number of amides is 1. The summed E-state index contributed by atoms with van der Waals surface area (Å²) in [6, 6.07) is 7.86. The van der Waals surface area contributed by atoms with Gasteiger partial charge in [0.15, 0.2) is 0 Å². The molecule has 3 heterocycles. The minimum atomic E-state index is -0.696. The van der Waals surface area contributed by atoms with Crippen LogP contribution in [0.5, 0.6) is 0 Å². The van der Waals surface area contributed by atoms with Crippen LogP contribution in [0.2, 0.25) is 0 Å². The Labute approximate surface area is 154 Å². The average Bonchev–Trinajstić information content (AvgIpc) is 3.27. The Morgan fingerprint density at radius 1 is 1.38 bits per heavy atom. The molecule has 5 nitrogen and oxygen atoms in total. The molecule has 1 aromatic rings. The second kappa shape index (κ2) is 6.54. The number of esters is 1. The molecule has 2 bridgehead atoms. The number of unbranched alkanes of at least 4 members (excludes halogenated alkanes) is 2. The van der Waals surface area contributed by atoms with Crippen LogP contribution in [0.3, 0.4) is 0 Å². The van der Waals surface area contributed by atoms with Gasteiger partial charge in [-0.3, -0.25) is 9.59 Å². The minimum Gasteiger partial charge on any atom is -0.465 e. The van der Waals surface area contributed by atoms with Crippen molar-refractivity contribution in [2.24, 2.45) is 11.8 Å². The summed E-state index contributed by atoms with van der Waals surface area (Å²) in [6.07, 6.45) is 6.51. The van der Waals surface area contributed by atoms with E-state index in [0.717, 1.165) is 30.5 Å². The second-order valence-electron chi connectivity index (χ2n) is 7.54. The first kappa shape index (κ1) is 17.3. The third kappa shape index (κ3) is 2.65. The highest BCUT2D eigenvalue weighted by Gasteiger charge is 2.67. The Hall–Kier alpha value is -2.14. The van der Waals surface area contributed by atoms with E-state index >= 15 is 0 Å². The fourth-order valence-corrected chi connectivity index (χ4v) is 4.40. The van der Waals surface area contributed by atoms with E-state index in [1.54, 1.807) is 4.90 Å². The number of ether oxygens (including phenoxy) is 2. The zero-order valence-electron chi connectivity index (χ0n) is 15.3. The van der Waals surface area contributed by atoms with Gasteiger partial charge >= 0.3 is 5.97 Å². The van der Waals surface area contributed by atoms with Crippen LogP contribution in [-0.4, -0.2) is 36.7 Å². The lowest BCUT2D eigenvalue weighted by Crippen LogP contribution is -2.40. The summed E-state index contributed by atoms with van der Waals surface area (Å²) in [5.74, 6) is -1.37. The van der Waals surface area contributed by atoms with E-state index in [9.17, 15) is 9.59 Å². The van der Waals surface area contributed by atoms with Gasteiger partial charge in [0.1, 0.15) is 11.5 Å². The van der Waals surface area contributed by atoms with Gasteiger partial charge in [-0.2, -0.15) is 0 Å². The lowest BCUT2D eigenvalue weighted by molar-refractivity contribution is -0.152. The van der Waals surface area contributed by atoms with E-state index in [4.69, 9.17) is 9.47 Å². The maximum atomic E-state index is 13.2. The second-order valence-corrected chi connectivity index (χ2v) is 7.54. The van der Waals surface area contributed by atoms with Crippen LogP contribution in [0, 0.1) is 18.8 Å². The molecule has 0 unspecified atom stereocenters. The Kier molecular flexibility index (Phi) is 4.35. The third-order valence-electron chi connectivity index (χ3n) is 5.68. The average molecular weight is 355 g/mol. The van der Waals surface area contributed by atoms with Gasteiger partial charge in [0, 0.05) is 5.69 Å².